The molecule has 0 amide bonds. The van der Waals surface area contributed by atoms with E-state index in [9.17, 15) is 29.7 Å². The molecule has 0 unspecified atom stereocenters. The molecule has 0 heterocycles. The monoisotopic (exact) mass is 510 g/mol. The molecule has 4 aliphatic rings. The maximum Gasteiger partial charge on any atom is 0.302 e. The summed E-state index contributed by atoms with van der Waals surface area (Å²) in [7, 11) is 0. The largest absolute Gasteiger partial charge is 0.465 e. The van der Waals surface area contributed by atoms with Crippen LogP contribution >= 0.6 is 0 Å². The Morgan fingerprint density at radius 3 is 2.17 bits per heavy atom. The van der Waals surface area contributed by atoms with Crippen LogP contribution in [-0.2, 0) is 28.6 Å². The highest BCUT2D eigenvalue weighted by Gasteiger charge is 2.72. The third-order valence-corrected chi connectivity index (χ3v) is 10.5. The fraction of sp³-hybridized carbons (Fsp3) is 0.889. The Labute approximate surface area is 212 Å². The molecular weight excluding hydrogens is 468 g/mol. The van der Waals surface area contributed by atoms with E-state index < -0.39 is 46.2 Å². The zero-order valence-electron chi connectivity index (χ0n) is 22.0. The van der Waals surface area contributed by atoms with Crippen molar-refractivity contribution in [2.45, 2.75) is 109 Å². The Hall–Kier alpha value is -1.71. The molecule has 0 aromatic carbocycles. The number of hydrogen-bond acceptors (Lipinski definition) is 9. The fourth-order valence-corrected chi connectivity index (χ4v) is 8.83. The van der Waals surface area contributed by atoms with E-state index in [2.05, 4.69) is 0 Å². The van der Waals surface area contributed by atoms with Gasteiger partial charge in [-0.3, -0.25) is 14.4 Å². The zero-order valence-corrected chi connectivity index (χ0v) is 22.0. The van der Waals surface area contributed by atoms with E-state index in [4.69, 9.17) is 14.2 Å². The van der Waals surface area contributed by atoms with Gasteiger partial charge in [0.2, 0.25) is 0 Å². The molecule has 0 bridgehead atoms. The second-order valence-corrected chi connectivity index (χ2v) is 12.1. The van der Waals surface area contributed by atoms with E-state index in [1.807, 2.05) is 6.92 Å². The molecule has 4 saturated carbocycles. The van der Waals surface area contributed by atoms with Crippen molar-refractivity contribution >= 4 is 17.9 Å². The molecule has 4 aliphatic carbocycles. The number of hydrogen-bond donors (Lipinski definition) is 3. The summed E-state index contributed by atoms with van der Waals surface area (Å²) >= 11 is 0. The molecule has 0 saturated heterocycles. The van der Waals surface area contributed by atoms with Crippen molar-refractivity contribution in [3.63, 3.8) is 0 Å². The zero-order chi connectivity index (χ0) is 26.5. The third kappa shape index (κ3) is 4.25. The molecule has 3 N–H and O–H groups in total. The maximum absolute atomic E-state index is 12.3. The molecule has 0 radical (unpaired) electrons. The molecular formula is C27H42O9. The van der Waals surface area contributed by atoms with Gasteiger partial charge in [-0.2, -0.15) is 0 Å². The van der Waals surface area contributed by atoms with Crippen LogP contribution in [0.3, 0.4) is 0 Å². The lowest BCUT2D eigenvalue weighted by Crippen LogP contribution is -2.69. The first-order valence-electron chi connectivity index (χ1n) is 13.3. The smallest absolute Gasteiger partial charge is 0.302 e. The van der Waals surface area contributed by atoms with Crippen molar-refractivity contribution in [3.05, 3.63) is 0 Å². The van der Waals surface area contributed by atoms with Crippen LogP contribution in [0.4, 0.5) is 0 Å². The summed E-state index contributed by atoms with van der Waals surface area (Å²) < 4.78 is 16.1. The van der Waals surface area contributed by atoms with Crippen molar-refractivity contribution in [1.82, 2.24) is 0 Å². The van der Waals surface area contributed by atoms with Gasteiger partial charge in [-0.05, 0) is 69.1 Å². The van der Waals surface area contributed by atoms with Crippen molar-refractivity contribution in [3.8, 4) is 0 Å². The van der Waals surface area contributed by atoms with Gasteiger partial charge in [-0.15, -0.1) is 0 Å². The normalized spacial score (nSPS) is 44.4. The minimum Gasteiger partial charge on any atom is -0.465 e. The van der Waals surface area contributed by atoms with Crippen LogP contribution in [0.25, 0.3) is 0 Å². The second-order valence-electron chi connectivity index (χ2n) is 12.1. The van der Waals surface area contributed by atoms with Gasteiger partial charge in [0.15, 0.2) is 0 Å². The molecule has 36 heavy (non-hydrogen) atoms. The van der Waals surface area contributed by atoms with Gasteiger partial charge in [0.1, 0.15) is 12.7 Å². The molecule has 9 heteroatoms. The highest BCUT2D eigenvalue weighted by molar-refractivity contribution is 5.66. The average molecular weight is 511 g/mol. The van der Waals surface area contributed by atoms with E-state index in [1.54, 1.807) is 0 Å². The maximum atomic E-state index is 12.3. The number of ether oxygens (including phenoxy) is 3. The van der Waals surface area contributed by atoms with Gasteiger partial charge < -0.3 is 29.5 Å². The number of aliphatic hydroxyl groups is 3. The molecule has 0 aliphatic heterocycles. The van der Waals surface area contributed by atoms with Crippen LogP contribution in [0.1, 0.15) is 85.5 Å². The summed E-state index contributed by atoms with van der Waals surface area (Å²) in [6.45, 7) is 6.05. The summed E-state index contributed by atoms with van der Waals surface area (Å²) in [6.07, 6.45) is 3.61. The Morgan fingerprint density at radius 1 is 0.861 bits per heavy atom. The second kappa shape index (κ2) is 9.55. The molecule has 9 atom stereocenters. The molecule has 4 fully saturated rings. The first-order chi connectivity index (χ1) is 16.8. The van der Waals surface area contributed by atoms with Gasteiger partial charge in [0, 0.05) is 38.0 Å². The Balaban J connectivity index is 1.64. The van der Waals surface area contributed by atoms with Crippen LogP contribution in [0, 0.1) is 28.6 Å². The third-order valence-electron chi connectivity index (χ3n) is 10.5. The summed E-state index contributed by atoms with van der Waals surface area (Å²) in [5, 5.41) is 35.3. The number of fused-ring (bicyclic) bond motifs is 5. The van der Waals surface area contributed by atoms with Crippen LogP contribution in [0.15, 0.2) is 0 Å². The van der Waals surface area contributed by atoms with Gasteiger partial charge in [-0.1, -0.05) is 6.92 Å². The van der Waals surface area contributed by atoms with Crippen molar-refractivity contribution in [1.29, 1.82) is 0 Å². The van der Waals surface area contributed by atoms with E-state index in [-0.39, 0.29) is 43.4 Å². The Morgan fingerprint density at radius 2 is 1.53 bits per heavy atom. The number of esters is 3. The lowest BCUT2D eigenvalue weighted by atomic mass is 9.41. The Bertz CT molecular complexity index is 890. The summed E-state index contributed by atoms with van der Waals surface area (Å²) in [6, 6.07) is 0. The summed E-state index contributed by atoms with van der Waals surface area (Å²) in [5.41, 5.74) is -3.56. The van der Waals surface area contributed by atoms with Crippen LogP contribution in [0.5, 0.6) is 0 Å². The highest BCUT2D eigenvalue weighted by Crippen LogP contribution is 2.70. The number of rotatable bonds is 6. The van der Waals surface area contributed by atoms with Gasteiger partial charge in [-0.25, -0.2) is 0 Å². The Kier molecular flexibility index (Phi) is 7.25. The molecule has 0 spiro atoms. The van der Waals surface area contributed by atoms with Crippen molar-refractivity contribution in [2.24, 2.45) is 28.6 Å². The molecule has 9 nitrogen and oxygen atoms in total. The van der Waals surface area contributed by atoms with E-state index in [1.165, 1.54) is 20.8 Å². The molecule has 0 aromatic rings. The number of carbonyl (C=O) groups excluding carboxylic acids is 3. The fourth-order valence-electron chi connectivity index (χ4n) is 8.83. The topological polar surface area (TPSA) is 140 Å². The van der Waals surface area contributed by atoms with Gasteiger partial charge in [0.25, 0.3) is 0 Å². The molecule has 4 rings (SSSR count). The summed E-state index contributed by atoms with van der Waals surface area (Å²) in [4.78, 5) is 34.8. The summed E-state index contributed by atoms with van der Waals surface area (Å²) in [5.74, 6) is -1.67. The SMILES string of the molecule is CC(=O)OC[C@@H](O)[C@H]1CC[C@@]2(O)[C@@H]3CC[C@]4(O)C[C@@H](OC(C)=O)CC[C@]4(COC(C)=O)[C@H]3CC[C@]12C. The number of carbonyl (C=O) groups is 3. The minimum absolute atomic E-state index is 0.0676. The molecule has 204 valence electrons. The predicted octanol–water partition coefficient (Wildman–Crippen LogP) is 2.27. The lowest BCUT2D eigenvalue weighted by Gasteiger charge is -2.66. The van der Waals surface area contributed by atoms with Crippen molar-refractivity contribution < 1.29 is 43.9 Å². The van der Waals surface area contributed by atoms with Gasteiger partial charge in [0.05, 0.1) is 23.9 Å². The first kappa shape index (κ1) is 27.3. The quantitative estimate of drug-likeness (QED) is 0.363. The van der Waals surface area contributed by atoms with E-state index in [0.29, 0.717) is 51.4 Å². The molecule has 0 aromatic heterocycles. The van der Waals surface area contributed by atoms with Crippen molar-refractivity contribution in [2.75, 3.05) is 13.2 Å². The predicted molar refractivity (Wildman–Crippen MR) is 127 cm³/mol. The standard InChI is InChI=1S/C27H42O9/c1-16(28)34-14-23(31)22-8-12-27(33)21-7-11-26(32)13-19(36-18(3)30)5-10-25(26,15-35-17(2)29)20(21)6-9-24(22,27)4/h19-23,31-33H,5-15H2,1-4H3/t19-,20-,21+,22+,23+,24+,25-,26-,27+/m0/s1. The van der Waals surface area contributed by atoms with Crippen LogP contribution in [0.2, 0.25) is 0 Å². The average Bonchev–Trinajstić information content (AvgIpc) is 3.06. The van der Waals surface area contributed by atoms with Gasteiger partial charge >= 0.3 is 17.9 Å². The first-order valence-corrected chi connectivity index (χ1v) is 13.3. The van der Waals surface area contributed by atoms with E-state index in [0.717, 1.165) is 0 Å². The van der Waals surface area contributed by atoms with Crippen LogP contribution in [-0.4, -0.2) is 69.9 Å². The minimum atomic E-state index is -1.18. The van der Waals surface area contributed by atoms with Crippen LogP contribution < -0.4 is 0 Å². The highest BCUT2D eigenvalue weighted by atomic mass is 16.5. The number of aliphatic hydroxyl groups excluding tert-OH is 1. The lowest BCUT2D eigenvalue weighted by molar-refractivity contribution is -0.274. The van der Waals surface area contributed by atoms with E-state index >= 15 is 0 Å².